The Morgan fingerprint density at radius 2 is 0.926 bits per heavy atom. The highest BCUT2D eigenvalue weighted by Gasteiger charge is 2.52. The van der Waals surface area contributed by atoms with E-state index in [1.54, 1.807) is 13.8 Å². The van der Waals surface area contributed by atoms with E-state index in [-0.39, 0.29) is 91.5 Å². The van der Waals surface area contributed by atoms with Crippen LogP contribution in [0.5, 0.6) is 11.5 Å². The first kappa shape index (κ1) is 57.6. The second-order valence-corrected chi connectivity index (χ2v) is 21.4. The third-order valence-electron chi connectivity index (χ3n) is 16.7. The number of alkyl halides is 5. The molecule has 0 unspecified atom stereocenters. The van der Waals surface area contributed by atoms with Gasteiger partial charge in [-0.1, -0.05) is 12.1 Å². The van der Waals surface area contributed by atoms with Crippen LogP contribution < -0.4 is 30.7 Å². The van der Waals surface area contributed by atoms with Crippen molar-refractivity contribution in [1.29, 1.82) is 0 Å². The van der Waals surface area contributed by atoms with Gasteiger partial charge in [0.2, 0.25) is 0 Å². The number of hydrogen-bond acceptors (Lipinski definition) is 12. The maximum absolute atomic E-state index is 14.4. The van der Waals surface area contributed by atoms with E-state index in [4.69, 9.17) is 0 Å². The number of hydrogen-bond donors (Lipinski definition) is 4. The molecule has 0 aliphatic heterocycles. The van der Waals surface area contributed by atoms with Gasteiger partial charge in [-0.05, 0) is 137 Å². The molecule has 6 aliphatic rings. The van der Waals surface area contributed by atoms with Crippen LogP contribution >= 0.6 is 0 Å². The number of halogens is 9. The number of benzene rings is 2. The summed E-state index contributed by atoms with van der Waals surface area (Å²) in [4.78, 5) is 84.5. The number of fused-ring (bicyclic) bond motifs is 8. The summed E-state index contributed by atoms with van der Waals surface area (Å²) in [5, 5.41) is 18.4. The fraction of sp³-hybridized carbons (Fsp3) is 0.444. The number of amides is 4. The SMILES string of the molecule is CC(=O)C12CCC(CNC(=O)c3cc(C(=O)NCc4ccc(F)c(OC(F)(F)F)c4)nc4c(F)cnn34)(CC1)CC2.CC(=O)C12CCC(CNC(=O)c3cc(C(=O)NCc4ccc(F)c(OC(F)F)c4)nc4c(F)cnn34)(CC1)CC2. The maximum Gasteiger partial charge on any atom is 0.573 e. The minimum absolute atomic E-state index is 0.0848. The summed E-state index contributed by atoms with van der Waals surface area (Å²) in [5.74, 6) is -8.08. The molecule has 4 aromatic heterocycles. The summed E-state index contributed by atoms with van der Waals surface area (Å²) < 4.78 is 129. The van der Waals surface area contributed by atoms with Gasteiger partial charge in [-0.3, -0.25) is 28.8 Å². The van der Waals surface area contributed by atoms with E-state index in [0.29, 0.717) is 13.1 Å². The van der Waals surface area contributed by atoms with E-state index in [9.17, 15) is 68.3 Å². The van der Waals surface area contributed by atoms with Crippen LogP contribution in [0.2, 0.25) is 0 Å². The van der Waals surface area contributed by atoms with Gasteiger partial charge in [-0.2, -0.15) is 19.0 Å². The lowest BCUT2D eigenvalue weighted by Crippen LogP contribution is -2.49. The van der Waals surface area contributed by atoms with E-state index in [2.05, 4.69) is 50.9 Å². The summed E-state index contributed by atoms with van der Waals surface area (Å²) in [6, 6.07) is 8.22. The van der Waals surface area contributed by atoms with Crippen LogP contribution in [0.3, 0.4) is 0 Å². The van der Waals surface area contributed by atoms with Crippen LogP contribution in [0.4, 0.5) is 39.5 Å². The number of nitrogens with zero attached hydrogens (tertiary/aromatic N) is 6. The second-order valence-electron chi connectivity index (χ2n) is 21.4. The topological polar surface area (TPSA) is 229 Å². The Labute approximate surface area is 454 Å². The number of rotatable bonds is 17. The van der Waals surface area contributed by atoms with Crippen LogP contribution in [0.25, 0.3) is 11.3 Å². The molecule has 430 valence electrons. The molecular formula is C54H53F9N10O8. The van der Waals surface area contributed by atoms with Gasteiger partial charge in [0.25, 0.3) is 23.6 Å². The van der Waals surface area contributed by atoms with Crippen molar-refractivity contribution in [3.63, 3.8) is 0 Å². The smallest absolute Gasteiger partial charge is 0.432 e. The quantitative estimate of drug-likeness (QED) is 0.0629. The van der Waals surface area contributed by atoms with Crippen molar-refractivity contribution in [2.45, 2.75) is 117 Å². The molecule has 4 heterocycles. The van der Waals surface area contributed by atoms with Crippen LogP contribution in [0, 0.1) is 44.9 Å². The van der Waals surface area contributed by atoms with Gasteiger partial charge in [0, 0.05) is 49.1 Å². The molecule has 4 amide bonds. The molecule has 0 atom stereocenters. The molecular weight excluding hydrogens is 1090 g/mol. The third kappa shape index (κ3) is 12.3. The Morgan fingerprint density at radius 1 is 0.543 bits per heavy atom. The van der Waals surface area contributed by atoms with Crippen molar-refractivity contribution in [1.82, 2.24) is 50.5 Å². The summed E-state index contributed by atoms with van der Waals surface area (Å²) >= 11 is 0. The Kier molecular flexibility index (Phi) is 15.9. The second kappa shape index (κ2) is 22.4. The molecule has 4 bridgehead atoms. The van der Waals surface area contributed by atoms with Gasteiger partial charge in [-0.25, -0.2) is 36.6 Å². The van der Waals surface area contributed by atoms with Gasteiger partial charge in [0.1, 0.15) is 34.3 Å². The summed E-state index contributed by atoms with van der Waals surface area (Å²) in [6.45, 7) is 0.197. The number of carbonyl (C=O) groups is 6. The highest BCUT2D eigenvalue weighted by atomic mass is 19.4. The average Bonchev–Trinajstić information content (AvgIpc) is 4.07. The van der Waals surface area contributed by atoms with Crippen molar-refractivity contribution in [3.05, 3.63) is 118 Å². The molecule has 2 aromatic carbocycles. The average molecular weight is 1140 g/mol. The zero-order chi connectivity index (χ0) is 58.2. The number of Topliss-reactive ketones (excluding diaryl/α,β-unsaturated/α-hetero) is 2. The Hall–Kier alpha value is -8.13. The van der Waals surface area contributed by atoms with Crippen molar-refractivity contribution < 1.29 is 77.8 Å². The Bertz CT molecular complexity index is 3430. The standard InChI is InChI=1S/C27H26F5N5O4.C27H27F4N5O4/c1-15(38)26-7-4-25(5-8-26,6-9-26)14-34-24(40)20-11-19(36-22-18(29)13-35-37(20)22)23(39)33-12-16-2-3-17(28)21(10-16)41-27(30,31)32;1-15(37)27-7-4-26(5-8-27,6-9-27)14-33-24(39)20-11-19(35-22-18(29)13-34-36(20)22)23(38)32-12-16-2-3-17(28)21(10-16)40-25(30)31/h2-3,10-11,13H,4-9,12,14H2,1H3,(H,33,39)(H,34,40);2-3,10-11,13,25H,4-9,12,14H2,1H3,(H,32,38)(H,33,39). The van der Waals surface area contributed by atoms with Crippen molar-refractivity contribution in [2.24, 2.45) is 21.7 Å². The fourth-order valence-electron chi connectivity index (χ4n) is 11.5. The van der Waals surface area contributed by atoms with Gasteiger partial charge in [-0.15, -0.1) is 13.2 Å². The molecule has 6 aliphatic carbocycles. The van der Waals surface area contributed by atoms with Gasteiger partial charge in [0.05, 0.1) is 12.4 Å². The molecule has 6 saturated carbocycles. The minimum Gasteiger partial charge on any atom is -0.432 e. The predicted octanol–water partition coefficient (Wildman–Crippen LogP) is 8.69. The zero-order valence-electron chi connectivity index (χ0n) is 43.5. The van der Waals surface area contributed by atoms with E-state index in [1.165, 1.54) is 12.1 Å². The first-order chi connectivity index (χ1) is 38.3. The third-order valence-corrected chi connectivity index (χ3v) is 16.7. The monoisotopic (exact) mass is 1140 g/mol. The van der Waals surface area contributed by atoms with Crippen LogP contribution in [0.15, 0.2) is 60.9 Å². The predicted molar refractivity (Wildman–Crippen MR) is 266 cm³/mol. The van der Waals surface area contributed by atoms with Gasteiger partial charge in [0.15, 0.2) is 46.1 Å². The highest BCUT2D eigenvalue weighted by molar-refractivity contribution is 5.99. The molecule has 4 N–H and O–H groups in total. The molecule has 0 radical (unpaired) electrons. The van der Waals surface area contributed by atoms with E-state index in [1.807, 2.05) is 0 Å². The Morgan fingerprint density at radius 3 is 1.30 bits per heavy atom. The fourth-order valence-corrected chi connectivity index (χ4v) is 11.5. The molecule has 0 saturated heterocycles. The molecule has 12 rings (SSSR count). The van der Waals surface area contributed by atoms with E-state index < -0.39 is 71.4 Å². The largest absolute Gasteiger partial charge is 0.573 e. The molecule has 27 heteroatoms. The number of carbonyl (C=O) groups excluding carboxylic acids is 6. The number of ketones is 2. The normalized spacial score (nSPS) is 22.0. The highest BCUT2D eigenvalue weighted by Crippen LogP contribution is 2.58. The molecule has 81 heavy (non-hydrogen) atoms. The summed E-state index contributed by atoms with van der Waals surface area (Å²) in [7, 11) is 0. The van der Waals surface area contributed by atoms with E-state index in [0.717, 1.165) is 135 Å². The van der Waals surface area contributed by atoms with Crippen LogP contribution in [0.1, 0.15) is 144 Å². The van der Waals surface area contributed by atoms with Crippen LogP contribution in [-0.2, 0) is 22.7 Å². The molecule has 6 fully saturated rings. The van der Waals surface area contributed by atoms with Crippen molar-refractivity contribution in [2.75, 3.05) is 13.1 Å². The lowest BCUT2D eigenvalue weighted by atomic mass is 9.52. The van der Waals surface area contributed by atoms with Gasteiger partial charge >= 0.3 is 13.0 Å². The number of ether oxygens (including phenoxy) is 2. The maximum atomic E-state index is 14.4. The van der Waals surface area contributed by atoms with Crippen LogP contribution in [-0.4, -0.2) is 90.5 Å². The minimum atomic E-state index is -5.11. The lowest BCUT2D eigenvalue weighted by Gasteiger charge is -2.52. The Balaban J connectivity index is 0.000000196. The molecule has 6 aromatic rings. The van der Waals surface area contributed by atoms with Crippen molar-refractivity contribution in [3.8, 4) is 11.5 Å². The number of aromatic nitrogens is 6. The van der Waals surface area contributed by atoms with Crippen molar-refractivity contribution >= 4 is 46.5 Å². The zero-order valence-corrected chi connectivity index (χ0v) is 43.5. The first-order valence-electron chi connectivity index (χ1n) is 25.8. The molecule has 18 nitrogen and oxygen atoms in total. The summed E-state index contributed by atoms with van der Waals surface area (Å²) in [6.07, 6.45) is 6.12. The summed E-state index contributed by atoms with van der Waals surface area (Å²) in [5.41, 5.74) is -2.01. The molecule has 0 spiro atoms. The number of nitrogens with one attached hydrogen (secondary N) is 4. The lowest BCUT2D eigenvalue weighted by molar-refractivity contribution is -0.275. The van der Waals surface area contributed by atoms with Gasteiger partial charge < -0.3 is 30.7 Å². The van der Waals surface area contributed by atoms with E-state index >= 15 is 0 Å². The first-order valence-corrected chi connectivity index (χ1v) is 25.8.